The second-order valence-electron chi connectivity index (χ2n) is 4.34. The summed E-state index contributed by atoms with van der Waals surface area (Å²) in [6, 6.07) is 14.1. The van der Waals surface area contributed by atoms with Crippen LogP contribution in [0.25, 0.3) is 6.08 Å². The maximum absolute atomic E-state index is 12.3. The molecule has 0 radical (unpaired) electrons. The van der Waals surface area contributed by atoms with Crippen molar-refractivity contribution in [1.29, 1.82) is 0 Å². The summed E-state index contributed by atoms with van der Waals surface area (Å²) in [4.78, 5) is 12.3. The van der Waals surface area contributed by atoms with E-state index in [4.69, 9.17) is 4.74 Å². The second kappa shape index (κ2) is 4.61. The Balaban J connectivity index is 2.01. The third-order valence-corrected chi connectivity index (χ3v) is 3.07. The van der Waals surface area contributed by atoms with Crippen LogP contribution >= 0.6 is 0 Å². The lowest BCUT2D eigenvalue weighted by Gasteiger charge is -2.18. The summed E-state index contributed by atoms with van der Waals surface area (Å²) in [5, 5.41) is 9.73. The van der Waals surface area contributed by atoms with E-state index in [1.54, 1.807) is 36.4 Å². The van der Waals surface area contributed by atoms with Gasteiger partial charge in [-0.3, -0.25) is 4.79 Å². The molecule has 0 saturated carbocycles. The Morgan fingerprint density at radius 1 is 1.05 bits per heavy atom. The molecule has 3 rings (SSSR count). The van der Waals surface area contributed by atoms with Gasteiger partial charge in [-0.15, -0.1) is 0 Å². The average Bonchev–Trinajstić information content (AvgIpc) is 2.44. The molecule has 3 nitrogen and oxygen atoms in total. The summed E-state index contributed by atoms with van der Waals surface area (Å²) < 4.78 is 5.55. The van der Waals surface area contributed by atoms with Crippen LogP contribution in [0.5, 0.6) is 11.5 Å². The molecule has 0 spiro atoms. The largest absolute Gasteiger partial charge is 0.507 e. The Kier molecular flexibility index (Phi) is 2.80. The first-order valence-corrected chi connectivity index (χ1v) is 6.01. The minimum absolute atomic E-state index is 0.0508. The number of rotatable bonds is 1. The first-order valence-electron chi connectivity index (χ1n) is 6.01. The van der Waals surface area contributed by atoms with Crippen molar-refractivity contribution < 1.29 is 14.6 Å². The molecule has 1 aliphatic heterocycles. The van der Waals surface area contributed by atoms with Crippen LogP contribution in [-0.4, -0.2) is 17.5 Å². The lowest BCUT2D eigenvalue weighted by atomic mass is 9.98. The van der Waals surface area contributed by atoms with Crippen molar-refractivity contribution in [2.24, 2.45) is 0 Å². The molecular weight excluding hydrogens is 240 g/mol. The van der Waals surface area contributed by atoms with Crippen molar-refractivity contribution in [3.05, 3.63) is 65.2 Å². The van der Waals surface area contributed by atoms with Crippen molar-refractivity contribution >= 4 is 11.9 Å². The fraction of sp³-hybridized carbons (Fsp3) is 0.0625. The van der Waals surface area contributed by atoms with Gasteiger partial charge in [-0.1, -0.05) is 30.3 Å². The summed E-state index contributed by atoms with van der Waals surface area (Å²) in [7, 11) is 0. The first kappa shape index (κ1) is 11.5. The Bertz CT molecular complexity index is 671. The highest BCUT2D eigenvalue weighted by Gasteiger charge is 2.22. The molecule has 0 atom stereocenters. The highest BCUT2D eigenvalue weighted by molar-refractivity contribution is 6.14. The van der Waals surface area contributed by atoms with Crippen LogP contribution in [0.4, 0.5) is 0 Å². The Morgan fingerprint density at radius 2 is 1.79 bits per heavy atom. The number of aromatic hydroxyl groups is 1. The fourth-order valence-corrected chi connectivity index (χ4v) is 2.08. The molecule has 19 heavy (non-hydrogen) atoms. The van der Waals surface area contributed by atoms with E-state index in [0.717, 1.165) is 0 Å². The van der Waals surface area contributed by atoms with Gasteiger partial charge in [0.1, 0.15) is 18.1 Å². The normalized spacial score (nSPS) is 16.0. The maximum Gasteiger partial charge on any atom is 0.196 e. The Morgan fingerprint density at radius 3 is 2.63 bits per heavy atom. The van der Waals surface area contributed by atoms with Crippen LogP contribution in [0.3, 0.4) is 0 Å². The van der Waals surface area contributed by atoms with E-state index < -0.39 is 0 Å². The number of carbonyl (C=O) groups is 1. The number of phenols is 1. The topological polar surface area (TPSA) is 46.5 Å². The number of ketones is 1. The number of benzene rings is 2. The van der Waals surface area contributed by atoms with Gasteiger partial charge in [0.15, 0.2) is 5.78 Å². The number of fused-ring (bicyclic) bond motifs is 1. The molecule has 1 N–H and O–H groups in total. The molecule has 0 aromatic heterocycles. The highest BCUT2D eigenvalue weighted by atomic mass is 16.5. The zero-order valence-electron chi connectivity index (χ0n) is 10.2. The lowest BCUT2D eigenvalue weighted by molar-refractivity contribution is 0.100. The smallest absolute Gasteiger partial charge is 0.196 e. The van der Waals surface area contributed by atoms with Crippen molar-refractivity contribution in [3.63, 3.8) is 0 Å². The van der Waals surface area contributed by atoms with E-state index >= 15 is 0 Å². The lowest BCUT2D eigenvalue weighted by Crippen LogP contribution is -2.18. The molecule has 2 aromatic rings. The predicted molar refractivity (Wildman–Crippen MR) is 72.4 cm³/mol. The Labute approximate surface area is 110 Å². The minimum Gasteiger partial charge on any atom is -0.507 e. The van der Waals surface area contributed by atoms with E-state index in [1.165, 1.54) is 0 Å². The first-order chi connectivity index (χ1) is 9.25. The van der Waals surface area contributed by atoms with E-state index in [2.05, 4.69) is 0 Å². The van der Waals surface area contributed by atoms with Gasteiger partial charge >= 0.3 is 0 Å². The third kappa shape index (κ3) is 2.10. The number of phenolic OH excluding ortho intramolecular Hbond substituents is 1. The SMILES string of the molecule is O=C1/C(=C/c2ccccc2O)COc2ccccc21. The summed E-state index contributed by atoms with van der Waals surface area (Å²) in [5.41, 5.74) is 1.73. The van der Waals surface area contributed by atoms with E-state index in [-0.39, 0.29) is 18.1 Å². The summed E-state index contributed by atoms with van der Waals surface area (Å²) in [6.45, 7) is 0.226. The minimum atomic E-state index is -0.0508. The molecule has 0 saturated heterocycles. The van der Waals surface area contributed by atoms with Crippen molar-refractivity contribution in [2.45, 2.75) is 0 Å². The van der Waals surface area contributed by atoms with E-state index in [9.17, 15) is 9.90 Å². The van der Waals surface area contributed by atoms with Gasteiger partial charge in [0.05, 0.1) is 5.56 Å². The Hall–Kier alpha value is -2.55. The number of para-hydroxylation sites is 2. The quantitative estimate of drug-likeness (QED) is 0.793. The standard InChI is InChI=1S/C16H12O3/c17-14-7-3-1-5-11(14)9-12-10-19-15-8-4-2-6-13(15)16(12)18/h1-9,17H,10H2/b12-9+. The molecule has 1 aliphatic rings. The van der Waals surface area contributed by atoms with Crippen LogP contribution in [-0.2, 0) is 0 Å². The number of hydrogen-bond acceptors (Lipinski definition) is 3. The van der Waals surface area contributed by atoms with Gasteiger partial charge in [-0.05, 0) is 24.3 Å². The highest BCUT2D eigenvalue weighted by Crippen LogP contribution is 2.28. The molecule has 1 heterocycles. The monoisotopic (exact) mass is 252 g/mol. The number of Topliss-reactive ketones (excluding diaryl/α,β-unsaturated/α-hetero) is 1. The molecule has 0 amide bonds. The van der Waals surface area contributed by atoms with Crippen LogP contribution < -0.4 is 4.74 Å². The van der Waals surface area contributed by atoms with Crippen LogP contribution in [0.15, 0.2) is 54.1 Å². The van der Waals surface area contributed by atoms with E-state index in [1.807, 2.05) is 18.2 Å². The number of carbonyl (C=O) groups excluding carboxylic acids is 1. The number of hydrogen-bond donors (Lipinski definition) is 1. The van der Waals surface area contributed by atoms with Gasteiger partial charge in [-0.2, -0.15) is 0 Å². The summed E-state index contributed by atoms with van der Waals surface area (Å²) >= 11 is 0. The zero-order valence-corrected chi connectivity index (χ0v) is 10.2. The molecule has 0 fully saturated rings. The van der Waals surface area contributed by atoms with Gasteiger partial charge < -0.3 is 9.84 Å². The summed E-state index contributed by atoms with van der Waals surface area (Å²) in [6.07, 6.45) is 1.67. The molecule has 2 aromatic carbocycles. The van der Waals surface area contributed by atoms with Gasteiger partial charge in [0.25, 0.3) is 0 Å². The maximum atomic E-state index is 12.3. The second-order valence-corrected chi connectivity index (χ2v) is 4.34. The van der Waals surface area contributed by atoms with Gasteiger partial charge in [0, 0.05) is 11.1 Å². The van der Waals surface area contributed by atoms with Gasteiger partial charge in [0.2, 0.25) is 0 Å². The van der Waals surface area contributed by atoms with Crippen LogP contribution in [0.2, 0.25) is 0 Å². The van der Waals surface area contributed by atoms with Gasteiger partial charge in [-0.25, -0.2) is 0 Å². The molecule has 0 aliphatic carbocycles. The van der Waals surface area contributed by atoms with Crippen molar-refractivity contribution in [3.8, 4) is 11.5 Å². The van der Waals surface area contributed by atoms with Crippen LogP contribution in [0, 0.1) is 0 Å². The zero-order chi connectivity index (χ0) is 13.2. The molecular formula is C16H12O3. The van der Waals surface area contributed by atoms with Crippen LogP contribution in [0.1, 0.15) is 15.9 Å². The third-order valence-electron chi connectivity index (χ3n) is 3.07. The molecule has 94 valence electrons. The number of ether oxygens (including phenoxy) is 1. The average molecular weight is 252 g/mol. The van der Waals surface area contributed by atoms with Crippen molar-refractivity contribution in [1.82, 2.24) is 0 Å². The summed E-state index contributed by atoms with van der Waals surface area (Å²) in [5.74, 6) is 0.716. The molecule has 0 unspecified atom stereocenters. The fourth-order valence-electron chi connectivity index (χ4n) is 2.08. The van der Waals surface area contributed by atoms with E-state index in [0.29, 0.717) is 22.4 Å². The molecule has 3 heteroatoms. The predicted octanol–water partition coefficient (Wildman–Crippen LogP) is 3.05. The van der Waals surface area contributed by atoms with Crippen molar-refractivity contribution in [2.75, 3.05) is 6.61 Å². The molecule has 0 bridgehead atoms.